The summed E-state index contributed by atoms with van der Waals surface area (Å²) in [5, 5.41) is 16.3. The summed E-state index contributed by atoms with van der Waals surface area (Å²) in [4.78, 5) is 25.5. The maximum absolute atomic E-state index is 12.9. The summed E-state index contributed by atoms with van der Waals surface area (Å²) in [6.45, 7) is 0. The summed E-state index contributed by atoms with van der Waals surface area (Å²) in [5.74, 6) is 0.253. The molecule has 4 bridgehead atoms. The first-order valence-corrected chi connectivity index (χ1v) is 11.6. The van der Waals surface area contributed by atoms with E-state index in [0.29, 0.717) is 30.4 Å². The first kappa shape index (κ1) is 22.9. The zero-order valence-corrected chi connectivity index (χ0v) is 18.6. The number of amides is 2. The fraction of sp³-hybridized carbons (Fsp3) is 0.462. The first-order chi connectivity index (χ1) is 16.0. The predicted octanol–water partition coefficient (Wildman–Crippen LogP) is 5.62. The molecule has 0 saturated heterocycles. The molecule has 2 aromatic carbocycles. The standard InChI is InChI=1S/C26H27F3N2O3/c27-26(28,29)19-4-2-6-21(9-19)31-23(33)18-3-1-5-20(8-18)30-22(32)14-24-10-16-7-17(11-24)13-25(34,12-16)15-24/h1-6,8-9,16-17,34H,7,10-15H2,(H,30,32)(H,31,33). The Bertz CT molecular complexity index is 1120. The van der Waals surface area contributed by atoms with E-state index in [1.807, 2.05) is 0 Å². The van der Waals surface area contributed by atoms with Crippen LogP contribution in [0.5, 0.6) is 0 Å². The van der Waals surface area contributed by atoms with Gasteiger partial charge in [-0.15, -0.1) is 0 Å². The lowest BCUT2D eigenvalue weighted by molar-refractivity contribution is -0.167. The van der Waals surface area contributed by atoms with Crippen LogP contribution in [-0.4, -0.2) is 22.5 Å². The van der Waals surface area contributed by atoms with Gasteiger partial charge in [-0.05, 0) is 92.2 Å². The van der Waals surface area contributed by atoms with Gasteiger partial charge in [-0.25, -0.2) is 0 Å². The molecule has 0 aromatic heterocycles. The van der Waals surface area contributed by atoms with Gasteiger partial charge in [0.2, 0.25) is 5.91 Å². The maximum Gasteiger partial charge on any atom is 0.416 e. The molecule has 180 valence electrons. The lowest BCUT2D eigenvalue weighted by Gasteiger charge is -2.60. The second-order valence-corrected chi connectivity index (χ2v) is 10.5. The Hall–Kier alpha value is -2.87. The van der Waals surface area contributed by atoms with Crippen molar-refractivity contribution < 1.29 is 27.9 Å². The monoisotopic (exact) mass is 472 g/mol. The predicted molar refractivity (Wildman–Crippen MR) is 121 cm³/mol. The zero-order valence-electron chi connectivity index (χ0n) is 18.6. The van der Waals surface area contributed by atoms with Crippen LogP contribution in [0.4, 0.5) is 24.5 Å². The molecule has 0 heterocycles. The fourth-order valence-electron chi connectivity index (χ4n) is 6.87. The Morgan fingerprint density at radius 2 is 1.59 bits per heavy atom. The molecule has 0 radical (unpaired) electrons. The second kappa shape index (κ2) is 8.12. The van der Waals surface area contributed by atoms with Crippen molar-refractivity contribution >= 4 is 23.2 Å². The van der Waals surface area contributed by atoms with Crippen LogP contribution >= 0.6 is 0 Å². The number of carbonyl (C=O) groups excluding carboxylic acids is 2. The Kier molecular flexibility index (Phi) is 5.47. The number of benzene rings is 2. The van der Waals surface area contributed by atoms with Gasteiger partial charge in [0.05, 0.1) is 11.2 Å². The van der Waals surface area contributed by atoms with Gasteiger partial charge in [-0.2, -0.15) is 13.2 Å². The van der Waals surface area contributed by atoms with E-state index in [-0.39, 0.29) is 22.6 Å². The molecule has 6 rings (SSSR count). The molecule has 4 fully saturated rings. The van der Waals surface area contributed by atoms with E-state index in [1.165, 1.54) is 24.3 Å². The number of halogens is 3. The van der Waals surface area contributed by atoms with Gasteiger partial charge >= 0.3 is 6.18 Å². The van der Waals surface area contributed by atoms with E-state index in [1.54, 1.807) is 12.1 Å². The number of nitrogens with one attached hydrogen (secondary N) is 2. The summed E-state index contributed by atoms with van der Waals surface area (Å²) in [6, 6.07) is 10.8. The molecule has 8 heteroatoms. The number of anilines is 2. The van der Waals surface area contributed by atoms with Gasteiger partial charge in [0.15, 0.2) is 0 Å². The van der Waals surface area contributed by atoms with Crippen molar-refractivity contribution in [2.24, 2.45) is 17.3 Å². The van der Waals surface area contributed by atoms with Gasteiger partial charge in [0, 0.05) is 23.4 Å². The topological polar surface area (TPSA) is 78.4 Å². The van der Waals surface area contributed by atoms with E-state index in [2.05, 4.69) is 10.6 Å². The highest BCUT2D eigenvalue weighted by molar-refractivity contribution is 6.05. The summed E-state index contributed by atoms with van der Waals surface area (Å²) < 4.78 is 38.8. The number of rotatable bonds is 5. The molecule has 5 nitrogen and oxygen atoms in total. The number of hydrogen-bond donors (Lipinski definition) is 3. The van der Waals surface area contributed by atoms with Crippen molar-refractivity contribution in [3.63, 3.8) is 0 Å². The Morgan fingerprint density at radius 3 is 2.24 bits per heavy atom. The summed E-state index contributed by atoms with van der Waals surface area (Å²) in [6.07, 6.45) is 1.28. The van der Waals surface area contributed by atoms with Crippen molar-refractivity contribution in [1.82, 2.24) is 0 Å². The van der Waals surface area contributed by atoms with Gasteiger partial charge in [0.25, 0.3) is 5.91 Å². The molecule has 2 aromatic rings. The SMILES string of the molecule is O=C(CC12CC3CC(CC(O)(C3)C1)C2)Nc1cccc(C(=O)Nc2cccc(C(F)(F)F)c2)c1. The van der Waals surface area contributed by atoms with Crippen LogP contribution < -0.4 is 10.6 Å². The number of carbonyl (C=O) groups is 2. The highest BCUT2D eigenvalue weighted by Crippen LogP contribution is 2.62. The van der Waals surface area contributed by atoms with Gasteiger partial charge in [0.1, 0.15) is 0 Å². The number of alkyl halides is 3. The van der Waals surface area contributed by atoms with E-state index in [0.717, 1.165) is 44.2 Å². The number of aliphatic hydroxyl groups is 1. The van der Waals surface area contributed by atoms with Crippen molar-refractivity contribution in [3.05, 3.63) is 59.7 Å². The largest absolute Gasteiger partial charge is 0.416 e. The lowest BCUT2D eigenvalue weighted by Crippen LogP contribution is -2.56. The van der Waals surface area contributed by atoms with Crippen molar-refractivity contribution in [3.8, 4) is 0 Å². The molecule has 2 unspecified atom stereocenters. The number of hydrogen-bond acceptors (Lipinski definition) is 3. The van der Waals surface area contributed by atoms with Gasteiger partial charge in [-0.1, -0.05) is 12.1 Å². The molecule has 3 N–H and O–H groups in total. The molecule has 0 aliphatic heterocycles. The molecule has 0 spiro atoms. The lowest BCUT2D eigenvalue weighted by atomic mass is 9.47. The van der Waals surface area contributed by atoms with Crippen LogP contribution in [0.25, 0.3) is 0 Å². The minimum atomic E-state index is -4.50. The van der Waals surface area contributed by atoms with Crippen LogP contribution in [0.2, 0.25) is 0 Å². The van der Waals surface area contributed by atoms with E-state index >= 15 is 0 Å². The minimum Gasteiger partial charge on any atom is -0.390 e. The summed E-state index contributed by atoms with van der Waals surface area (Å²) in [5.41, 5.74) is -0.938. The molecule has 4 saturated carbocycles. The van der Waals surface area contributed by atoms with Crippen molar-refractivity contribution in [2.75, 3.05) is 10.6 Å². The third-order valence-electron chi connectivity index (χ3n) is 7.54. The zero-order chi connectivity index (χ0) is 24.1. The smallest absolute Gasteiger partial charge is 0.390 e. The highest BCUT2D eigenvalue weighted by Gasteiger charge is 2.57. The van der Waals surface area contributed by atoms with E-state index < -0.39 is 23.2 Å². The van der Waals surface area contributed by atoms with Crippen LogP contribution in [0, 0.1) is 17.3 Å². The van der Waals surface area contributed by atoms with Gasteiger partial charge in [-0.3, -0.25) is 9.59 Å². The van der Waals surface area contributed by atoms with Crippen LogP contribution in [0.1, 0.15) is 60.9 Å². The fourth-order valence-corrected chi connectivity index (χ4v) is 6.87. The molecular weight excluding hydrogens is 445 g/mol. The first-order valence-electron chi connectivity index (χ1n) is 11.6. The minimum absolute atomic E-state index is 0.0361. The van der Waals surface area contributed by atoms with Crippen LogP contribution in [0.3, 0.4) is 0 Å². The molecule has 34 heavy (non-hydrogen) atoms. The molecular formula is C26H27F3N2O3. The Morgan fingerprint density at radius 1 is 0.941 bits per heavy atom. The summed E-state index contributed by atoms with van der Waals surface area (Å²) >= 11 is 0. The molecule has 4 aliphatic rings. The van der Waals surface area contributed by atoms with Crippen LogP contribution in [0.15, 0.2) is 48.5 Å². The molecule has 2 atom stereocenters. The molecule has 4 aliphatic carbocycles. The third-order valence-corrected chi connectivity index (χ3v) is 7.54. The van der Waals surface area contributed by atoms with Gasteiger partial charge < -0.3 is 15.7 Å². The van der Waals surface area contributed by atoms with E-state index in [9.17, 15) is 27.9 Å². The summed E-state index contributed by atoms with van der Waals surface area (Å²) in [7, 11) is 0. The Balaban J connectivity index is 1.24. The van der Waals surface area contributed by atoms with Crippen molar-refractivity contribution in [1.29, 1.82) is 0 Å². The average molecular weight is 473 g/mol. The quantitative estimate of drug-likeness (QED) is 0.529. The third kappa shape index (κ3) is 4.69. The van der Waals surface area contributed by atoms with E-state index in [4.69, 9.17) is 0 Å². The maximum atomic E-state index is 12.9. The second-order valence-electron chi connectivity index (χ2n) is 10.5. The Labute approximate surface area is 195 Å². The normalized spacial score (nSPS) is 29.6. The molecule has 2 amide bonds. The average Bonchev–Trinajstić information content (AvgIpc) is 2.71. The highest BCUT2D eigenvalue weighted by atomic mass is 19.4. The van der Waals surface area contributed by atoms with Crippen molar-refractivity contribution in [2.45, 2.75) is 56.7 Å². The van der Waals surface area contributed by atoms with Crippen LogP contribution in [-0.2, 0) is 11.0 Å².